The van der Waals surface area contributed by atoms with Gasteiger partial charge in [0.2, 0.25) is 11.8 Å². The summed E-state index contributed by atoms with van der Waals surface area (Å²) in [4.78, 5) is 25.1. The van der Waals surface area contributed by atoms with Gasteiger partial charge in [0.05, 0.1) is 13.1 Å². The van der Waals surface area contributed by atoms with Crippen molar-refractivity contribution in [3.8, 4) is 0 Å². The van der Waals surface area contributed by atoms with Crippen LogP contribution >= 0.6 is 0 Å². The van der Waals surface area contributed by atoms with E-state index in [4.69, 9.17) is 0 Å². The molecule has 1 aliphatic heterocycles. The van der Waals surface area contributed by atoms with Gasteiger partial charge in [0, 0.05) is 19.6 Å². The Labute approximate surface area is 132 Å². The summed E-state index contributed by atoms with van der Waals surface area (Å²) >= 11 is 0. The third-order valence-electron chi connectivity index (χ3n) is 4.02. The van der Waals surface area contributed by atoms with Crippen LogP contribution in [-0.4, -0.2) is 49.4 Å². The summed E-state index contributed by atoms with van der Waals surface area (Å²) < 4.78 is 0. The van der Waals surface area contributed by atoms with Gasteiger partial charge in [-0.1, -0.05) is 17.7 Å². The molecule has 2 N–H and O–H groups in total. The number of aryl methyl sites for hydroxylation is 3. The van der Waals surface area contributed by atoms with Crippen molar-refractivity contribution >= 4 is 11.8 Å². The SMILES string of the molecule is Cc1cc(C)c(CCNC(=O)CN2CCNC(=O)C2)c(C)c1. The molecule has 1 fully saturated rings. The van der Waals surface area contributed by atoms with Crippen LogP contribution in [0.25, 0.3) is 0 Å². The van der Waals surface area contributed by atoms with E-state index in [0.29, 0.717) is 26.2 Å². The Hall–Kier alpha value is -1.88. The number of carbonyl (C=O) groups is 2. The molecule has 0 bridgehead atoms. The zero-order valence-corrected chi connectivity index (χ0v) is 13.7. The molecule has 22 heavy (non-hydrogen) atoms. The molecule has 1 saturated heterocycles. The summed E-state index contributed by atoms with van der Waals surface area (Å²) in [5.74, 6) is -0.0259. The number of rotatable bonds is 5. The highest BCUT2D eigenvalue weighted by atomic mass is 16.2. The van der Waals surface area contributed by atoms with Crippen LogP contribution in [0.3, 0.4) is 0 Å². The van der Waals surface area contributed by atoms with Gasteiger partial charge in [0.1, 0.15) is 0 Å². The van der Waals surface area contributed by atoms with Crippen LogP contribution in [0.15, 0.2) is 12.1 Å². The minimum absolute atomic E-state index is 0.00930. The van der Waals surface area contributed by atoms with Gasteiger partial charge in [0.25, 0.3) is 0 Å². The zero-order valence-electron chi connectivity index (χ0n) is 13.7. The number of amides is 2. The molecule has 2 amide bonds. The quantitative estimate of drug-likeness (QED) is 0.842. The summed E-state index contributed by atoms with van der Waals surface area (Å²) in [7, 11) is 0. The third-order valence-corrected chi connectivity index (χ3v) is 4.02. The molecule has 120 valence electrons. The summed E-state index contributed by atoms with van der Waals surface area (Å²) in [6.07, 6.45) is 0.837. The van der Waals surface area contributed by atoms with Crippen molar-refractivity contribution in [3.63, 3.8) is 0 Å². The van der Waals surface area contributed by atoms with Crippen LogP contribution in [-0.2, 0) is 16.0 Å². The Morgan fingerprint density at radius 3 is 2.59 bits per heavy atom. The molecule has 0 aliphatic carbocycles. The minimum atomic E-state index is -0.0166. The van der Waals surface area contributed by atoms with Crippen molar-refractivity contribution in [1.29, 1.82) is 0 Å². The van der Waals surface area contributed by atoms with Gasteiger partial charge in [-0.2, -0.15) is 0 Å². The molecule has 2 rings (SSSR count). The molecule has 0 aromatic heterocycles. The number of piperazine rings is 1. The highest BCUT2D eigenvalue weighted by Crippen LogP contribution is 2.16. The number of nitrogens with one attached hydrogen (secondary N) is 2. The van der Waals surface area contributed by atoms with Crippen LogP contribution in [0, 0.1) is 20.8 Å². The van der Waals surface area contributed by atoms with Crippen molar-refractivity contribution in [1.82, 2.24) is 15.5 Å². The summed E-state index contributed by atoms with van der Waals surface area (Å²) in [5, 5.41) is 5.70. The maximum absolute atomic E-state index is 11.9. The van der Waals surface area contributed by atoms with E-state index in [-0.39, 0.29) is 11.8 Å². The van der Waals surface area contributed by atoms with E-state index in [2.05, 4.69) is 43.5 Å². The number of hydrogen-bond donors (Lipinski definition) is 2. The molecule has 1 aromatic carbocycles. The summed E-state index contributed by atoms with van der Waals surface area (Å²) in [5.41, 5.74) is 5.13. The number of hydrogen-bond acceptors (Lipinski definition) is 3. The van der Waals surface area contributed by atoms with E-state index in [9.17, 15) is 9.59 Å². The van der Waals surface area contributed by atoms with Gasteiger partial charge in [-0.05, 0) is 43.9 Å². The maximum Gasteiger partial charge on any atom is 0.234 e. The number of nitrogens with zero attached hydrogens (tertiary/aromatic N) is 1. The highest BCUT2D eigenvalue weighted by molar-refractivity contribution is 5.81. The molecular weight excluding hydrogens is 278 g/mol. The van der Waals surface area contributed by atoms with E-state index < -0.39 is 0 Å². The zero-order chi connectivity index (χ0) is 16.1. The van der Waals surface area contributed by atoms with Gasteiger partial charge in [0.15, 0.2) is 0 Å². The summed E-state index contributed by atoms with van der Waals surface area (Å²) in [6.45, 7) is 8.91. The van der Waals surface area contributed by atoms with Gasteiger partial charge < -0.3 is 10.6 Å². The predicted octanol–water partition coefficient (Wildman–Crippen LogP) is 0.702. The van der Waals surface area contributed by atoms with Crippen LogP contribution in [0.5, 0.6) is 0 Å². The molecule has 5 heteroatoms. The molecule has 0 saturated carbocycles. The molecule has 0 spiro atoms. The first-order valence-corrected chi connectivity index (χ1v) is 7.78. The van der Waals surface area contributed by atoms with E-state index in [1.165, 1.54) is 22.3 Å². The Morgan fingerprint density at radius 2 is 1.95 bits per heavy atom. The molecular formula is C17H25N3O2. The molecule has 0 atom stereocenters. The third kappa shape index (κ3) is 4.56. The number of benzene rings is 1. The lowest BCUT2D eigenvalue weighted by Gasteiger charge is -2.25. The van der Waals surface area contributed by atoms with Crippen LogP contribution in [0.1, 0.15) is 22.3 Å². The van der Waals surface area contributed by atoms with E-state index in [1.54, 1.807) is 0 Å². The molecule has 0 unspecified atom stereocenters. The van der Waals surface area contributed by atoms with Gasteiger partial charge in [-0.15, -0.1) is 0 Å². The second-order valence-corrected chi connectivity index (χ2v) is 6.04. The van der Waals surface area contributed by atoms with Crippen LogP contribution in [0.4, 0.5) is 0 Å². The van der Waals surface area contributed by atoms with Crippen molar-refractivity contribution in [2.75, 3.05) is 32.7 Å². The Morgan fingerprint density at radius 1 is 1.27 bits per heavy atom. The Kier molecular flexibility index (Phi) is 5.55. The fourth-order valence-corrected chi connectivity index (χ4v) is 3.02. The largest absolute Gasteiger partial charge is 0.355 e. The first kappa shape index (κ1) is 16.5. The second kappa shape index (κ2) is 7.40. The molecule has 1 aromatic rings. The summed E-state index contributed by atoms with van der Waals surface area (Å²) in [6, 6.07) is 4.35. The van der Waals surface area contributed by atoms with Crippen LogP contribution < -0.4 is 10.6 Å². The fourth-order valence-electron chi connectivity index (χ4n) is 3.02. The topological polar surface area (TPSA) is 61.4 Å². The minimum Gasteiger partial charge on any atom is -0.355 e. The van der Waals surface area contributed by atoms with Crippen molar-refractivity contribution in [3.05, 3.63) is 34.4 Å². The predicted molar refractivity (Wildman–Crippen MR) is 86.8 cm³/mol. The van der Waals surface area contributed by atoms with E-state index in [0.717, 1.165) is 13.0 Å². The lowest BCUT2D eigenvalue weighted by Crippen LogP contribution is -2.50. The normalized spacial score (nSPS) is 15.5. The smallest absolute Gasteiger partial charge is 0.234 e. The van der Waals surface area contributed by atoms with E-state index >= 15 is 0 Å². The van der Waals surface area contributed by atoms with Gasteiger partial charge in [-0.3, -0.25) is 14.5 Å². The Bertz CT molecular complexity index is 546. The first-order valence-electron chi connectivity index (χ1n) is 7.78. The van der Waals surface area contributed by atoms with Crippen LogP contribution in [0.2, 0.25) is 0 Å². The Balaban J connectivity index is 1.79. The van der Waals surface area contributed by atoms with Gasteiger partial charge in [-0.25, -0.2) is 0 Å². The lowest BCUT2D eigenvalue weighted by atomic mass is 9.97. The van der Waals surface area contributed by atoms with Crippen molar-refractivity contribution < 1.29 is 9.59 Å². The van der Waals surface area contributed by atoms with E-state index in [1.807, 2.05) is 4.90 Å². The van der Waals surface area contributed by atoms with Crippen molar-refractivity contribution in [2.24, 2.45) is 0 Å². The number of carbonyl (C=O) groups excluding carboxylic acids is 2. The average Bonchev–Trinajstić information content (AvgIpc) is 2.41. The molecule has 1 aliphatic rings. The second-order valence-electron chi connectivity index (χ2n) is 6.04. The van der Waals surface area contributed by atoms with Crippen molar-refractivity contribution in [2.45, 2.75) is 27.2 Å². The standard InChI is InChI=1S/C17H25N3O2/c1-12-8-13(2)15(14(3)9-12)4-5-18-16(21)10-20-7-6-19-17(22)11-20/h8-9H,4-7,10-11H2,1-3H3,(H,18,21)(H,19,22). The monoisotopic (exact) mass is 303 g/mol. The lowest BCUT2D eigenvalue weighted by molar-refractivity contribution is -0.126. The maximum atomic E-state index is 11.9. The molecule has 0 radical (unpaired) electrons. The van der Waals surface area contributed by atoms with Gasteiger partial charge >= 0.3 is 0 Å². The first-order chi connectivity index (χ1) is 10.5. The molecule has 5 nitrogen and oxygen atoms in total. The fraction of sp³-hybridized carbons (Fsp3) is 0.529. The molecule has 1 heterocycles. The highest BCUT2D eigenvalue weighted by Gasteiger charge is 2.18. The average molecular weight is 303 g/mol.